The van der Waals surface area contributed by atoms with Gasteiger partial charge in [-0.15, -0.1) is 0 Å². The van der Waals surface area contributed by atoms with Gasteiger partial charge in [-0.05, 0) is 56.4 Å². The Morgan fingerprint density at radius 2 is 1.93 bits per heavy atom. The molecule has 3 atom stereocenters. The number of aliphatic hydroxyl groups is 1. The number of hydrogen-bond acceptors (Lipinski definition) is 5. The van der Waals surface area contributed by atoms with Gasteiger partial charge in [0.1, 0.15) is 0 Å². The van der Waals surface area contributed by atoms with Crippen LogP contribution in [0.4, 0.5) is 0 Å². The first kappa shape index (κ1) is 21.4. The largest absolute Gasteiger partial charge is 0.471 e. The minimum absolute atomic E-state index is 0.127. The summed E-state index contributed by atoms with van der Waals surface area (Å²) in [5.74, 6) is 1.72. The van der Waals surface area contributed by atoms with Crippen molar-refractivity contribution in [3.8, 4) is 0 Å². The molecule has 0 aromatic rings. The fraction of sp³-hybridized carbons (Fsp3) is 0.667. The van der Waals surface area contributed by atoms with E-state index in [1.807, 2.05) is 0 Å². The maximum Gasteiger partial charge on any atom is 0.292 e. The molecule has 1 saturated heterocycles. The summed E-state index contributed by atoms with van der Waals surface area (Å²) in [6, 6.07) is 0. The summed E-state index contributed by atoms with van der Waals surface area (Å²) in [6.07, 6.45) is 15.5. The normalized spacial score (nSPS) is 31.1. The van der Waals surface area contributed by atoms with Crippen LogP contribution in [0.3, 0.4) is 0 Å². The van der Waals surface area contributed by atoms with Crippen LogP contribution in [0.15, 0.2) is 23.3 Å². The first-order chi connectivity index (χ1) is 13.0. The Labute approximate surface area is 161 Å². The Hall–Kier alpha value is -1.95. The smallest absolute Gasteiger partial charge is 0.292 e. The SMILES string of the molecule is C1=C[C@H]2CCCCC2CC1.CC1=C(C=O)C(=O)N2CCCC12O.COC=O. The molecular weight excluding hydrogens is 346 g/mol. The highest BCUT2D eigenvalue weighted by Gasteiger charge is 2.50. The van der Waals surface area contributed by atoms with E-state index in [4.69, 9.17) is 4.79 Å². The standard InChI is InChI=1S/C10H16.C9H11NO3.C2H4O2/c1-2-6-10-8-4-3-7-9(10)5-1;1-6-7(5-11)8(12)10-4-2-3-9(6,10)13;1-4-2-3/h1,5,9-10H,2-4,6-8H2;5,13H,2-4H2,1H3;2H,1H3/t9-,10?;;/m0../s1. The van der Waals surface area contributed by atoms with Crippen molar-refractivity contribution in [2.75, 3.05) is 13.7 Å². The van der Waals surface area contributed by atoms with Crippen LogP contribution < -0.4 is 0 Å². The Bertz CT molecular complexity index is 612. The number of rotatable bonds is 2. The van der Waals surface area contributed by atoms with Crippen LogP contribution in [-0.2, 0) is 19.1 Å². The number of amides is 1. The first-order valence-electron chi connectivity index (χ1n) is 9.83. The second-order valence-corrected chi connectivity index (χ2v) is 7.58. The molecule has 1 saturated carbocycles. The molecule has 0 bridgehead atoms. The maximum atomic E-state index is 11.5. The van der Waals surface area contributed by atoms with Crippen molar-refractivity contribution in [1.82, 2.24) is 4.90 Å². The van der Waals surface area contributed by atoms with Crippen molar-refractivity contribution in [3.63, 3.8) is 0 Å². The number of hydrogen-bond donors (Lipinski definition) is 1. The molecule has 2 fully saturated rings. The summed E-state index contributed by atoms with van der Waals surface area (Å²) in [7, 11) is 1.31. The Kier molecular flexibility index (Phi) is 7.78. The zero-order valence-corrected chi connectivity index (χ0v) is 16.4. The molecular formula is C21H31NO5. The quantitative estimate of drug-likeness (QED) is 0.454. The average molecular weight is 377 g/mol. The lowest BCUT2D eigenvalue weighted by atomic mass is 9.74. The van der Waals surface area contributed by atoms with E-state index in [2.05, 4.69) is 16.9 Å². The summed E-state index contributed by atoms with van der Waals surface area (Å²) in [6.45, 7) is 2.57. The number of carbonyl (C=O) groups excluding carboxylic acids is 3. The van der Waals surface area contributed by atoms with Crippen molar-refractivity contribution >= 4 is 18.7 Å². The fourth-order valence-corrected chi connectivity index (χ4v) is 4.55. The summed E-state index contributed by atoms with van der Waals surface area (Å²) in [5, 5.41) is 10.1. The third kappa shape index (κ3) is 4.67. The molecule has 0 spiro atoms. The van der Waals surface area contributed by atoms with Crippen LogP contribution in [0, 0.1) is 11.8 Å². The summed E-state index contributed by atoms with van der Waals surface area (Å²) >= 11 is 0. The summed E-state index contributed by atoms with van der Waals surface area (Å²) in [5.41, 5.74) is -0.528. The van der Waals surface area contributed by atoms with Gasteiger partial charge in [0.05, 0.1) is 12.7 Å². The predicted octanol–water partition coefficient (Wildman–Crippen LogP) is 2.76. The molecule has 0 radical (unpaired) electrons. The van der Waals surface area contributed by atoms with Gasteiger partial charge in [0.25, 0.3) is 12.4 Å². The fourth-order valence-electron chi connectivity index (χ4n) is 4.55. The van der Waals surface area contributed by atoms with Gasteiger partial charge >= 0.3 is 0 Å². The number of carbonyl (C=O) groups is 3. The van der Waals surface area contributed by atoms with Gasteiger partial charge in [-0.2, -0.15) is 0 Å². The average Bonchev–Trinajstić information content (AvgIpc) is 3.18. The Morgan fingerprint density at radius 3 is 2.52 bits per heavy atom. The zero-order valence-electron chi connectivity index (χ0n) is 16.4. The zero-order chi connectivity index (χ0) is 19.9. The molecule has 4 aliphatic rings. The van der Waals surface area contributed by atoms with Gasteiger partial charge < -0.3 is 14.7 Å². The van der Waals surface area contributed by atoms with Crippen LogP contribution in [0.25, 0.3) is 0 Å². The lowest BCUT2D eigenvalue weighted by Gasteiger charge is -2.31. The molecule has 1 N–H and O–H groups in total. The van der Waals surface area contributed by atoms with E-state index in [0.717, 1.165) is 18.3 Å². The highest BCUT2D eigenvalue weighted by atomic mass is 16.5. The van der Waals surface area contributed by atoms with E-state index in [1.54, 1.807) is 6.92 Å². The van der Waals surface area contributed by atoms with Gasteiger partial charge in [-0.25, -0.2) is 0 Å². The van der Waals surface area contributed by atoms with Crippen molar-refractivity contribution in [3.05, 3.63) is 23.3 Å². The van der Waals surface area contributed by atoms with Crippen LogP contribution >= 0.6 is 0 Å². The number of aldehydes is 1. The molecule has 2 unspecified atom stereocenters. The number of nitrogens with zero attached hydrogens (tertiary/aromatic N) is 1. The highest BCUT2D eigenvalue weighted by molar-refractivity contribution is 6.14. The van der Waals surface area contributed by atoms with Crippen LogP contribution in [0.2, 0.25) is 0 Å². The van der Waals surface area contributed by atoms with E-state index in [9.17, 15) is 14.7 Å². The highest BCUT2D eigenvalue weighted by Crippen LogP contribution is 2.40. The molecule has 2 aliphatic carbocycles. The molecule has 1 amide bonds. The molecule has 6 nitrogen and oxygen atoms in total. The Morgan fingerprint density at radius 1 is 1.22 bits per heavy atom. The van der Waals surface area contributed by atoms with Gasteiger partial charge in [-0.1, -0.05) is 25.0 Å². The summed E-state index contributed by atoms with van der Waals surface area (Å²) < 4.78 is 3.86. The third-order valence-electron chi connectivity index (χ3n) is 6.10. The maximum absolute atomic E-state index is 11.5. The van der Waals surface area contributed by atoms with Gasteiger partial charge in [0.2, 0.25) is 0 Å². The predicted molar refractivity (Wildman–Crippen MR) is 102 cm³/mol. The van der Waals surface area contributed by atoms with Crippen LogP contribution in [-0.4, -0.2) is 48.1 Å². The van der Waals surface area contributed by atoms with E-state index in [0.29, 0.717) is 31.3 Å². The van der Waals surface area contributed by atoms with Crippen LogP contribution in [0.5, 0.6) is 0 Å². The molecule has 2 aliphatic heterocycles. The lowest BCUT2D eigenvalue weighted by molar-refractivity contribution is -0.137. The van der Waals surface area contributed by atoms with E-state index in [1.165, 1.54) is 50.5 Å². The molecule has 2 heterocycles. The van der Waals surface area contributed by atoms with Crippen molar-refractivity contribution < 1.29 is 24.2 Å². The van der Waals surface area contributed by atoms with Crippen molar-refractivity contribution in [1.29, 1.82) is 0 Å². The van der Waals surface area contributed by atoms with Gasteiger partial charge in [0.15, 0.2) is 12.0 Å². The molecule has 0 aromatic heterocycles. The van der Waals surface area contributed by atoms with Crippen molar-refractivity contribution in [2.24, 2.45) is 11.8 Å². The molecule has 0 aromatic carbocycles. The minimum Gasteiger partial charge on any atom is -0.471 e. The number of ether oxygens (including phenoxy) is 1. The lowest BCUT2D eigenvalue weighted by Crippen LogP contribution is -2.42. The monoisotopic (exact) mass is 377 g/mol. The van der Waals surface area contributed by atoms with Gasteiger partial charge in [0, 0.05) is 13.0 Å². The molecule has 150 valence electrons. The van der Waals surface area contributed by atoms with Crippen molar-refractivity contribution in [2.45, 2.75) is 64.0 Å². The second-order valence-electron chi connectivity index (χ2n) is 7.58. The number of fused-ring (bicyclic) bond motifs is 2. The first-order valence-corrected chi connectivity index (χ1v) is 9.83. The van der Waals surface area contributed by atoms with E-state index in [-0.39, 0.29) is 11.5 Å². The number of allylic oxidation sites excluding steroid dienone is 2. The third-order valence-corrected chi connectivity index (χ3v) is 6.10. The molecule has 6 heteroatoms. The van der Waals surface area contributed by atoms with Gasteiger partial charge in [-0.3, -0.25) is 14.4 Å². The van der Waals surface area contributed by atoms with E-state index >= 15 is 0 Å². The number of methoxy groups -OCH3 is 1. The second kappa shape index (κ2) is 9.83. The van der Waals surface area contributed by atoms with Crippen LogP contribution in [0.1, 0.15) is 58.3 Å². The minimum atomic E-state index is -1.16. The summed E-state index contributed by atoms with van der Waals surface area (Å²) in [4.78, 5) is 32.4. The van der Waals surface area contributed by atoms with E-state index < -0.39 is 5.72 Å². The molecule has 27 heavy (non-hydrogen) atoms. The topological polar surface area (TPSA) is 83.9 Å². The Balaban J connectivity index is 0.000000166. The molecule has 4 rings (SSSR count).